The molecule has 2 rings (SSSR count). The highest BCUT2D eigenvalue weighted by atomic mass is 32.2. The minimum Gasteiger partial charge on any atom is -0.254 e. The zero-order chi connectivity index (χ0) is 11.4. The van der Waals surface area contributed by atoms with Crippen molar-refractivity contribution in [3.8, 4) is 0 Å². The second-order valence-corrected chi connectivity index (χ2v) is 4.50. The van der Waals surface area contributed by atoms with Crippen LogP contribution in [0.3, 0.4) is 0 Å². The summed E-state index contributed by atoms with van der Waals surface area (Å²) in [6, 6.07) is 7.69. The van der Waals surface area contributed by atoms with Crippen molar-refractivity contribution in [3.63, 3.8) is 0 Å². The molecule has 16 heavy (non-hydrogen) atoms. The monoisotopic (exact) mass is 236 g/mol. The van der Waals surface area contributed by atoms with E-state index in [1.807, 2.05) is 0 Å². The van der Waals surface area contributed by atoms with Crippen molar-refractivity contribution in [1.29, 1.82) is 0 Å². The fourth-order valence-electron chi connectivity index (χ4n) is 1.23. The smallest absolute Gasteiger partial charge is 0.141 e. The molecule has 0 aliphatic rings. The first-order valence-electron chi connectivity index (χ1n) is 4.66. The molecule has 0 saturated carbocycles. The summed E-state index contributed by atoms with van der Waals surface area (Å²) in [5.74, 6) is 0.114. The third kappa shape index (κ3) is 2.49. The first-order chi connectivity index (χ1) is 7.77. The summed E-state index contributed by atoms with van der Waals surface area (Å²) in [6.07, 6.45) is 3.14. The summed E-state index contributed by atoms with van der Waals surface area (Å²) in [6.45, 7) is 0. The van der Waals surface area contributed by atoms with Crippen LogP contribution in [0.5, 0.6) is 0 Å². The number of benzene rings is 1. The lowest BCUT2D eigenvalue weighted by Gasteiger charge is -2.02. The Hall–Kier alpha value is -1.62. The molecule has 2 aromatic rings. The Labute approximate surface area is 94.8 Å². The molecule has 0 radical (unpaired) electrons. The van der Waals surface area contributed by atoms with E-state index in [0.29, 0.717) is 5.82 Å². The van der Waals surface area contributed by atoms with Gasteiger partial charge in [0.15, 0.2) is 0 Å². The topological polar surface area (TPSA) is 42.9 Å². The maximum Gasteiger partial charge on any atom is 0.141 e. The summed E-state index contributed by atoms with van der Waals surface area (Å²) in [5, 5.41) is 0. The Morgan fingerprint density at radius 2 is 1.81 bits per heavy atom. The van der Waals surface area contributed by atoms with Crippen molar-refractivity contribution < 1.29 is 8.60 Å². The molecule has 1 atom stereocenters. The fraction of sp³-hybridized carbons (Fsp3) is 0.0909. The number of hydrogen-bond donors (Lipinski definition) is 0. The predicted molar refractivity (Wildman–Crippen MR) is 58.5 cm³/mol. The van der Waals surface area contributed by atoms with Gasteiger partial charge in [-0.1, -0.05) is 12.1 Å². The molecule has 0 spiro atoms. The van der Waals surface area contributed by atoms with Crippen LogP contribution in [0.15, 0.2) is 47.6 Å². The second kappa shape index (κ2) is 4.94. The number of hydrogen-bond acceptors (Lipinski definition) is 3. The molecule has 0 amide bonds. The van der Waals surface area contributed by atoms with Crippen LogP contribution in [-0.2, 0) is 16.6 Å². The lowest BCUT2D eigenvalue weighted by Crippen LogP contribution is -2.02. The van der Waals surface area contributed by atoms with Gasteiger partial charge in [-0.3, -0.25) is 4.21 Å². The van der Waals surface area contributed by atoms with Gasteiger partial charge in [0.05, 0.1) is 21.4 Å². The molecule has 1 aromatic heterocycles. The van der Waals surface area contributed by atoms with Gasteiger partial charge in [0.25, 0.3) is 0 Å². The quantitative estimate of drug-likeness (QED) is 0.817. The lowest BCUT2D eigenvalue weighted by molar-refractivity contribution is 0.595. The fourth-order valence-corrected chi connectivity index (χ4v) is 2.28. The first kappa shape index (κ1) is 10.9. The van der Waals surface area contributed by atoms with Crippen LogP contribution in [-0.4, -0.2) is 14.2 Å². The summed E-state index contributed by atoms with van der Waals surface area (Å²) in [4.78, 5) is 8.08. The molecule has 1 aromatic carbocycles. The van der Waals surface area contributed by atoms with E-state index in [1.54, 1.807) is 30.6 Å². The highest BCUT2D eigenvalue weighted by Crippen LogP contribution is 2.13. The largest absolute Gasteiger partial charge is 0.254 e. The van der Waals surface area contributed by atoms with Gasteiger partial charge in [-0.25, -0.2) is 14.4 Å². The Balaban J connectivity index is 2.19. The van der Waals surface area contributed by atoms with Crippen LogP contribution >= 0.6 is 0 Å². The molecule has 0 saturated heterocycles. The van der Waals surface area contributed by atoms with Crippen molar-refractivity contribution in [2.75, 3.05) is 0 Å². The van der Waals surface area contributed by atoms with Crippen molar-refractivity contribution in [3.05, 3.63) is 54.4 Å². The van der Waals surface area contributed by atoms with E-state index < -0.39 is 16.6 Å². The van der Waals surface area contributed by atoms with Crippen molar-refractivity contribution in [2.24, 2.45) is 0 Å². The first-order valence-corrected chi connectivity index (χ1v) is 5.98. The third-order valence-corrected chi connectivity index (χ3v) is 3.30. The zero-order valence-electron chi connectivity index (χ0n) is 8.34. The van der Waals surface area contributed by atoms with Crippen LogP contribution < -0.4 is 0 Å². The Morgan fingerprint density at radius 3 is 2.50 bits per heavy atom. The minimum absolute atomic E-state index is 0.127. The van der Waals surface area contributed by atoms with Gasteiger partial charge in [0.2, 0.25) is 0 Å². The molecule has 0 bridgehead atoms. The molecule has 82 valence electrons. The Morgan fingerprint density at radius 1 is 1.12 bits per heavy atom. The van der Waals surface area contributed by atoms with Crippen LogP contribution in [0.2, 0.25) is 0 Å². The number of aromatic nitrogens is 2. The molecule has 0 N–H and O–H groups in total. The Kier molecular flexibility index (Phi) is 3.36. The lowest BCUT2D eigenvalue weighted by atomic mass is 10.3. The van der Waals surface area contributed by atoms with Gasteiger partial charge in [-0.15, -0.1) is 0 Å². The average Bonchev–Trinajstić information content (AvgIpc) is 2.31. The van der Waals surface area contributed by atoms with Crippen LogP contribution in [0.25, 0.3) is 0 Å². The van der Waals surface area contributed by atoms with Gasteiger partial charge >= 0.3 is 0 Å². The number of halogens is 1. The molecular weight excluding hydrogens is 227 g/mol. The van der Waals surface area contributed by atoms with Crippen molar-refractivity contribution in [1.82, 2.24) is 9.97 Å². The molecule has 0 fully saturated rings. The van der Waals surface area contributed by atoms with Gasteiger partial charge in [0.1, 0.15) is 11.6 Å². The molecule has 1 unspecified atom stereocenters. The molecule has 1 heterocycles. The van der Waals surface area contributed by atoms with E-state index in [2.05, 4.69) is 9.97 Å². The minimum atomic E-state index is -1.45. The Bertz CT molecular complexity index is 504. The molecular formula is C11H9FN2OS. The molecule has 0 aliphatic heterocycles. The molecule has 0 aliphatic carbocycles. The standard InChI is InChI=1S/C11H9FN2OS/c12-9-4-1-2-5-10(9)16(15)8-11-13-6-3-7-14-11/h1-7H,8H2. The normalized spacial score (nSPS) is 12.3. The third-order valence-electron chi connectivity index (χ3n) is 1.96. The maximum atomic E-state index is 13.3. The average molecular weight is 236 g/mol. The SMILES string of the molecule is O=S(Cc1ncccn1)c1ccccc1F. The van der Waals surface area contributed by atoms with Gasteiger partial charge in [0, 0.05) is 12.4 Å². The summed E-state index contributed by atoms with van der Waals surface area (Å²) < 4.78 is 25.1. The van der Waals surface area contributed by atoms with E-state index in [-0.39, 0.29) is 10.6 Å². The predicted octanol–water partition coefficient (Wildman–Crippen LogP) is 1.92. The van der Waals surface area contributed by atoms with E-state index in [4.69, 9.17) is 0 Å². The highest BCUT2D eigenvalue weighted by Gasteiger charge is 2.10. The van der Waals surface area contributed by atoms with Crippen LogP contribution in [0.4, 0.5) is 4.39 Å². The van der Waals surface area contributed by atoms with E-state index in [1.165, 1.54) is 12.1 Å². The van der Waals surface area contributed by atoms with Crippen LogP contribution in [0.1, 0.15) is 5.82 Å². The summed E-state index contributed by atoms with van der Waals surface area (Å²) in [5.41, 5.74) is 0. The summed E-state index contributed by atoms with van der Waals surface area (Å²) in [7, 11) is -1.45. The van der Waals surface area contributed by atoms with Crippen molar-refractivity contribution >= 4 is 10.8 Å². The van der Waals surface area contributed by atoms with E-state index in [9.17, 15) is 8.60 Å². The van der Waals surface area contributed by atoms with Crippen LogP contribution in [0, 0.1) is 5.82 Å². The highest BCUT2D eigenvalue weighted by molar-refractivity contribution is 7.84. The zero-order valence-corrected chi connectivity index (χ0v) is 9.15. The molecule has 3 nitrogen and oxygen atoms in total. The molecule has 5 heteroatoms. The van der Waals surface area contributed by atoms with Crippen molar-refractivity contribution in [2.45, 2.75) is 10.6 Å². The van der Waals surface area contributed by atoms with Gasteiger partial charge in [-0.05, 0) is 18.2 Å². The maximum absolute atomic E-state index is 13.3. The number of rotatable bonds is 3. The summed E-state index contributed by atoms with van der Waals surface area (Å²) >= 11 is 0. The van der Waals surface area contributed by atoms with Gasteiger partial charge in [-0.2, -0.15) is 0 Å². The van der Waals surface area contributed by atoms with E-state index >= 15 is 0 Å². The second-order valence-electron chi connectivity index (χ2n) is 3.09. The van der Waals surface area contributed by atoms with E-state index in [0.717, 1.165) is 0 Å². The number of nitrogens with zero attached hydrogens (tertiary/aromatic N) is 2. The van der Waals surface area contributed by atoms with Gasteiger partial charge < -0.3 is 0 Å².